The third-order valence-corrected chi connectivity index (χ3v) is 5.25. The van der Waals surface area contributed by atoms with Crippen molar-refractivity contribution in [1.29, 1.82) is 0 Å². The molecule has 0 saturated carbocycles. The van der Waals surface area contributed by atoms with Gasteiger partial charge in [0.25, 0.3) is 0 Å². The predicted molar refractivity (Wildman–Crippen MR) is 105 cm³/mol. The van der Waals surface area contributed by atoms with E-state index in [-0.39, 0.29) is 5.91 Å². The molecule has 0 bridgehead atoms. The SMILES string of the molecule is CC(=O)N1CCN(Cc2ncc[nH]2)CC(Cc2ccc3ncccc3c2)C1. The average molecular weight is 363 g/mol. The lowest BCUT2D eigenvalue weighted by Crippen LogP contribution is -2.34. The number of nitrogens with zero attached hydrogens (tertiary/aromatic N) is 4. The fourth-order valence-corrected chi connectivity index (χ4v) is 3.92. The molecular weight excluding hydrogens is 338 g/mol. The minimum absolute atomic E-state index is 0.155. The van der Waals surface area contributed by atoms with Gasteiger partial charge in [0.2, 0.25) is 5.91 Å². The average Bonchev–Trinajstić information content (AvgIpc) is 3.09. The summed E-state index contributed by atoms with van der Waals surface area (Å²) >= 11 is 0. The van der Waals surface area contributed by atoms with Gasteiger partial charge in [0.05, 0.1) is 12.1 Å². The van der Waals surface area contributed by atoms with Crippen LogP contribution in [0.4, 0.5) is 0 Å². The summed E-state index contributed by atoms with van der Waals surface area (Å²) < 4.78 is 0. The summed E-state index contributed by atoms with van der Waals surface area (Å²) in [6.45, 7) is 5.86. The van der Waals surface area contributed by atoms with Gasteiger partial charge in [-0.1, -0.05) is 12.1 Å². The quantitative estimate of drug-likeness (QED) is 0.773. The fraction of sp³-hybridized carbons (Fsp3) is 0.381. The van der Waals surface area contributed by atoms with Crippen LogP contribution in [0.15, 0.2) is 48.9 Å². The summed E-state index contributed by atoms with van der Waals surface area (Å²) in [5.74, 6) is 1.52. The number of hydrogen-bond acceptors (Lipinski definition) is 4. The standard InChI is InChI=1S/C21H25N5O/c1-16(27)26-10-9-25(15-21-23-7-8-24-21)13-18(14-26)11-17-4-5-20-19(12-17)3-2-6-22-20/h2-8,12,18H,9-11,13-15H2,1H3,(H,23,24). The molecule has 1 N–H and O–H groups in total. The van der Waals surface area contributed by atoms with Crippen molar-refractivity contribution in [3.63, 3.8) is 0 Å². The lowest BCUT2D eigenvalue weighted by atomic mass is 9.97. The Balaban J connectivity index is 1.52. The number of imidazole rings is 1. The molecule has 4 rings (SSSR count). The molecule has 6 heteroatoms. The highest BCUT2D eigenvalue weighted by atomic mass is 16.2. The number of fused-ring (bicyclic) bond motifs is 1. The first-order valence-corrected chi connectivity index (χ1v) is 9.47. The van der Waals surface area contributed by atoms with E-state index in [0.29, 0.717) is 5.92 Å². The van der Waals surface area contributed by atoms with Crippen LogP contribution in [-0.2, 0) is 17.8 Å². The van der Waals surface area contributed by atoms with Crippen LogP contribution in [0.5, 0.6) is 0 Å². The van der Waals surface area contributed by atoms with Gasteiger partial charge in [0, 0.05) is 57.1 Å². The molecule has 140 valence electrons. The van der Waals surface area contributed by atoms with Gasteiger partial charge < -0.3 is 9.88 Å². The Kier molecular flexibility index (Phi) is 5.16. The Morgan fingerprint density at radius 3 is 2.93 bits per heavy atom. The molecule has 0 spiro atoms. The van der Waals surface area contributed by atoms with Gasteiger partial charge in [-0.2, -0.15) is 0 Å². The number of H-pyrrole nitrogens is 1. The third-order valence-electron chi connectivity index (χ3n) is 5.25. The summed E-state index contributed by atoms with van der Waals surface area (Å²) in [6, 6.07) is 10.5. The molecule has 1 saturated heterocycles. The van der Waals surface area contributed by atoms with Crippen LogP contribution in [-0.4, -0.2) is 56.8 Å². The summed E-state index contributed by atoms with van der Waals surface area (Å²) in [7, 11) is 0. The Bertz CT molecular complexity index is 908. The van der Waals surface area contributed by atoms with E-state index < -0.39 is 0 Å². The molecule has 1 amide bonds. The normalized spacial score (nSPS) is 18.6. The van der Waals surface area contributed by atoms with Gasteiger partial charge in [-0.25, -0.2) is 4.98 Å². The summed E-state index contributed by atoms with van der Waals surface area (Å²) in [6.07, 6.45) is 6.42. The van der Waals surface area contributed by atoms with Crippen molar-refractivity contribution in [2.45, 2.75) is 19.9 Å². The summed E-state index contributed by atoms with van der Waals surface area (Å²) in [5, 5.41) is 1.17. The lowest BCUT2D eigenvalue weighted by molar-refractivity contribution is -0.129. The molecule has 1 unspecified atom stereocenters. The number of rotatable bonds is 4. The Hall–Kier alpha value is -2.73. The number of pyridine rings is 1. The number of aromatic amines is 1. The van der Waals surface area contributed by atoms with Crippen molar-refractivity contribution < 1.29 is 4.79 Å². The van der Waals surface area contributed by atoms with Crippen LogP contribution < -0.4 is 0 Å². The second-order valence-corrected chi connectivity index (χ2v) is 7.34. The number of nitrogens with one attached hydrogen (secondary N) is 1. The van der Waals surface area contributed by atoms with E-state index in [1.807, 2.05) is 23.4 Å². The van der Waals surface area contributed by atoms with E-state index >= 15 is 0 Å². The number of amides is 1. The molecule has 1 aliphatic rings. The molecule has 6 nitrogen and oxygen atoms in total. The summed E-state index contributed by atoms with van der Waals surface area (Å²) in [5.41, 5.74) is 2.32. The van der Waals surface area contributed by atoms with Crippen molar-refractivity contribution in [2.75, 3.05) is 26.2 Å². The van der Waals surface area contributed by atoms with Crippen LogP contribution >= 0.6 is 0 Å². The molecule has 1 atom stereocenters. The molecule has 0 aliphatic carbocycles. The highest BCUT2D eigenvalue weighted by Gasteiger charge is 2.25. The minimum Gasteiger partial charge on any atom is -0.348 e. The van der Waals surface area contributed by atoms with Crippen molar-refractivity contribution in [3.8, 4) is 0 Å². The van der Waals surface area contributed by atoms with Crippen molar-refractivity contribution in [2.24, 2.45) is 5.92 Å². The van der Waals surface area contributed by atoms with Gasteiger partial charge in [-0.15, -0.1) is 0 Å². The van der Waals surface area contributed by atoms with Crippen molar-refractivity contribution in [1.82, 2.24) is 24.8 Å². The fourth-order valence-electron chi connectivity index (χ4n) is 3.92. The summed E-state index contributed by atoms with van der Waals surface area (Å²) in [4.78, 5) is 28.3. The smallest absolute Gasteiger partial charge is 0.219 e. The molecule has 0 radical (unpaired) electrons. The van der Waals surface area contributed by atoms with Crippen LogP contribution in [0.2, 0.25) is 0 Å². The minimum atomic E-state index is 0.155. The highest BCUT2D eigenvalue weighted by molar-refractivity contribution is 5.78. The number of hydrogen-bond donors (Lipinski definition) is 1. The molecule has 1 aromatic carbocycles. The van der Waals surface area contributed by atoms with Crippen LogP contribution in [0, 0.1) is 5.92 Å². The zero-order valence-electron chi connectivity index (χ0n) is 15.6. The monoisotopic (exact) mass is 363 g/mol. The van der Waals surface area contributed by atoms with Crippen LogP contribution in [0.1, 0.15) is 18.3 Å². The Morgan fingerprint density at radius 1 is 1.19 bits per heavy atom. The third kappa shape index (κ3) is 4.34. The molecule has 1 fully saturated rings. The van der Waals surface area contributed by atoms with E-state index in [2.05, 4.69) is 44.1 Å². The van der Waals surface area contributed by atoms with E-state index in [0.717, 1.165) is 50.5 Å². The first-order chi connectivity index (χ1) is 13.2. The maximum Gasteiger partial charge on any atom is 0.219 e. The number of benzene rings is 1. The highest BCUT2D eigenvalue weighted by Crippen LogP contribution is 2.20. The number of carbonyl (C=O) groups excluding carboxylic acids is 1. The molecule has 2 aromatic heterocycles. The number of aromatic nitrogens is 3. The maximum absolute atomic E-state index is 12.0. The van der Waals surface area contributed by atoms with Crippen LogP contribution in [0.25, 0.3) is 10.9 Å². The van der Waals surface area contributed by atoms with Gasteiger partial charge in [-0.05, 0) is 36.1 Å². The van der Waals surface area contributed by atoms with E-state index in [4.69, 9.17) is 0 Å². The second-order valence-electron chi connectivity index (χ2n) is 7.34. The topological polar surface area (TPSA) is 65.1 Å². The molecule has 3 aromatic rings. The van der Waals surface area contributed by atoms with E-state index in [1.54, 1.807) is 13.1 Å². The maximum atomic E-state index is 12.0. The Morgan fingerprint density at radius 2 is 2.11 bits per heavy atom. The predicted octanol–water partition coefficient (Wildman–Crippen LogP) is 2.48. The first-order valence-electron chi connectivity index (χ1n) is 9.47. The van der Waals surface area contributed by atoms with Crippen molar-refractivity contribution in [3.05, 3.63) is 60.3 Å². The molecule has 3 heterocycles. The van der Waals surface area contributed by atoms with Gasteiger partial charge in [0.1, 0.15) is 5.82 Å². The van der Waals surface area contributed by atoms with E-state index in [9.17, 15) is 4.79 Å². The molecular formula is C21H25N5O. The molecule has 27 heavy (non-hydrogen) atoms. The largest absolute Gasteiger partial charge is 0.348 e. The second kappa shape index (κ2) is 7.88. The van der Waals surface area contributed by atoms with E-state index in [1.165, 1.54) is 10.9 Å². The number of carbonyl (C=O) groups is 1. The molecule has 1 aliphatic heterocycles. The van der Waals surface area contributed by atoms with Gasteiger partial charge >= 0.3 is 0 Å². The zero-order chi connectivity index (χ0) is 18.6. The Labute approximate surface area is 159 Å². The van der Waals surface area contributed by atoms with Gasteiger partial charge in [-0.3, -0.25) is 14.7 Å². The van der Waals surface area contributed by atoms with Gasteiger partial charge in [0.15, 0.2) is 0 Å². The van der Waals surface area contributed by atoms with Crippen molar-refractivity contribution >= 4 is 16.8 Å². The lowest BCUT2D eigenvalue weighted by Gasteiger charge is -2.24. The first kappa shape index (κ1) is 17.7. The zero-order valence-corrected chi connectivity index (χ0v) is 15.6. The van der Waals surface area contributed by atoms with Crippen LogP contribution in [0.3, 0.4) is 0 Å².